The zero-order valence-corrected chi connectivity index (χ0v) is 11.6. The second-order valence-electron chi connectivity index (χ2n) is 4.30. The highest BCUT2D eigenvalue weighted by atomic mass is 32.1. The lowest BCUT2D eigenvalue weighted by Gasteiger charge is -2.32. The van der Waals surface area contributed by atoms with Gasteiger partial charge in [-0.15, -0.1) is 11.3 Å². The molecule has 108 valence electrons. The normalized spacial score (nSPS) is 18.6. The first-order valence-electron chi connectivity index (χ1n) is 5.92. The van der Waals surface area contributed by atoms with E-state index in [0.29, 0.717) is 5.69 Å². The van der Waals surface area contributed by atoms with Crippen molar-refractivity contribution >= 4 is 29.2 Å². The Morgan fingerprint density at radius 3 is 3.00 bits per heavy atom. The van der Waals surface area contributed by atoms with Crippen molar-refractivity contribution in [3.05, 3.63) is 16.1 Å². The summed E-state index contributed by atoms with van der Waals surface area (Å²) in [5.74, 6) is -1.52. The SMILES string of the molecule is Cc1nc(CNC(=O)N2CC(=O)NCC2C(=O)O)cs1. The Labute approximate surface area is 118 Å². The number of thiazole rings is 1. The van der Waals surface area contributed by atoms with Gasteiger partial charge in [0.25, 0.3) is 0 Å². The summed E-state index contributed by atoms with van der Waals surface area (Å²) in [5, 5.41) is 16.7. The number of rotatable bonds is 3. The highest BCUT2D eigenvalue weighted by Crippen LogP contribution is 2.09. The summed E-state index contributed by atoms with van der Waals surface area (Å²) < 4.78 is 0. The van der Waals surface area contributed by atoms with Gasteiger partial charge in [-0.1, -0.05) is 0 Å². The first kappa shape index (κ1) is 14.3. The van der Waals surface area contributed by atoms with E-state index in [9.17, 15) is 14.4 Å². The van der Waals surface area contributed by atoms with Crippen molar-refractivity contribution in [2.24, 2.45) is 0 Å². The van der Waals surface area contributed by atoms with Crippen molar-refractivity contribution in [3.63, 3.8) is 0 Å². The van der Waals surface area contributed by atoms with Gasteiger partial charge < -0.3 is 15.7 Å². The minimum Gasteiger partial charge on any atom is -0.480 e. The zero-order valence-electron chi connectivity index (χ0n) is 10.8. The van der Waals surface area contributed by atoms with Crippen LogP contribution in [0, 0.1) is 6.92 Å². The molecule has 1 fully saturated rings. The molecule has 0 aromatic carbocycles. The second kappa shape index (κ2) is 5.87. The summed E-state index contributed by atoms with van der Waals surface area (Å²) in [5.41, 5.74) is 0.703. The molecule has 1 aliphatic rings. The lowest BCUT2D eigenvalue weighted by atomic mass is 10.2. The quantitative estimate of drug-likeness (QED) is 0.699. The third-order valence-corrected chi connectivity index (χ3v) is 3.64. The summed E-state index contributed by atoms with van der Waals surface area (Å²) in [6, 6.07) is -1.64. The van der Waals surface area contributed by atoms with Gasteiger partial charge in [0, 0.05) is 11.9 Å². The first-order valence-corrected chi connectivity index (χ1v) is 6.80. The monoisotopic (exact) mass is 298 g/mol. The Hall–Kier alpha value is -2.16. The minimum atomic E-state index is -1.15. The molecular formula is C11H14N4O4S. The predicted octanol–water partition coefficient (Wildman–Crippen LogP) is -0.454. The molecule has 3 N–H and O–H groups in total. The summed E-state index contributed by atoms with van der Waals surface area (Å²) in [6.07, 6.45) is 0. The number of hydrogen-bond donors (Lipinski definition) is 3. The van der Waals surface area contributed by atoms with Crippen molar-refractivity contribution in [1.82, 2.24) is 20.5 Å². The standard InChI is InChI=1S/C11H14N4O4S/c1-6-14-7(5-20-6)2-13-11(19)15-4-9(16)12-3-8(15)10(17)18/h5,8H,2-4H2,1H3,(H,12,16)(H,13,19)(H,17,18). The Morgan fingerprint density at radius 1 is 1.65 bits per heavy atom. The summed E-state index contributed by atoms with van der Waals surface area (Å²) in [7, 11) is 0. The van der Waals surface area contributed by atoms with Crippen molar-refractivity contribution in [2.75, 3.05) is 13.1 Å². The smallest absolute Gasteiger partial charge is 0.328 e. The molecule has 2 rings (SSSR count). The molecular weight excluding hydrogens is 284 g/mol. The molecule has 0 spiro atoms. The number of aromatic nitrogens is 1. The largest absolute Gasteiger partial charge is 0.480 e. The number of nitrogens with one attached hydrogen (secondary N) is 2. The number of carbonyl (C=O) groups is 3. The highest BCUT2D eigenvalue weighted by molar-refractivity contribution is 7.09. The molecule has 1 aliphatic heterocycles. The van der Waals surface area contributed by atoms with Gasteiger partial charge in [0.15, 0.2) is 0 Å². The predicted molar refractivity (Wildman–Crippen MR) is 70.2 cm³/mol. The average Bonchev–Trinajstić information content (AvgIpc) is 2.81. The Bertz CT molecular complexity index is 544. The summed E-state index contributed by atoms with van der Waals surface area (Å²) in [6.45, 7) is 1.70. The third kappa shape index (κ3) is 3.23. The lowest BCUT2D eigenvalue weighted by Crippen LogP contribution is -2.61. The molecule has 9 heteroatoms. The van der Waals surface area contributed by atoms with Crippen LogP contribution in [0.3, 0.4) is 0 Å². The van der Waals surface area contributed by atoms with Gasteiger partial charge in [-0.3, -0.25) is 9.69 Å². The molecule has 0 saturated carbocycles. The zero-order chi connectivity index (χ0) is 14.7. The van der Waals surface area contributed by atoms with Gasteiger partial charge in [-0.25, -0.2) is 14.6 Å². The molecule has 3 amide bonds. The Balaban J connectivity index is 1.98. The fourth-order valence-corrected chi connectivity index (χ4v) is 2.45. The molecule has 1 unspecified atom stereocenters. The van der Waals surface area contributed by atoms with Crippen LogP contribution in [-0.2, 0) is 16.1 Å². The van der Waals surface area contributed by atoms with Crippen LogP contribution >= 0.6 is 11.3 Å². The number of amides is 3. The molecule has 0 bridgehead atoms. The van der Waals surface area contributed by atoms with Crippen LogP contribution in [0.15, 0.2) is 5.38 Å². The maximum Gasteiger partial charge on any atom is 0.328 e. The van der Waals surface area contributed by atoms with Crippen LogP contribution in [0.5, 0.6) is 0 Å². The molecule has 0 radical (unpaired) electrons. The number of carboxylic acid groups (broad SMARTS) is 1. The number of carboxylic acids is 1. The van der Waals surface area contributed by atoms with Crippen LogP contribution in [0.2, 0.25) is 0 Å². The van der Waals surface area contributed by atoms with Gasteiger partial charge in [-0.2, -0.15) is 0 Å². The van der Waals surface area contributed by atoms with E-state index in [-0.39, 0.29) is 25.5 Å². The third-order valence-electron chi connectivity index (χ3n) is 2.82. The molecule has 1 aromatic rings. The average molecular weight is 298 g/mol. The van der Waals surface area contributed by atoms with Crippen LogP contribution in [-0.4, -0.2) is 52.0 Å². The molecule has 8 nitrogen and oxygen atoms in total. The fraction of sp³-hybridized carbons (Fsp3) is 0.455. The van der Waals surface area contributed by atoms with E-state index < -0.39 is 18.0 Å². The van der Waals surface area contributed by atoms with E-state index in [4.69, 9.17) is 5.11 Å². The van der Waals surface area contributed by atoms with E-state index in [0.717, 1.165) is 9.91 Å². The molecule has 2 heterocycles. The van der Waals surface area contributed by atoms with Gasteiger partial charge in [0.2, 0.25) is 5.91 Å². The molecule has 1 atom stereocenters. The van der Waals surface area contributed by atoms with Crippen LogP contribution < -0.4 is 10.6 Å². The van der Waals surface area contributed by atoms with Gasteiger partial charge in [-0.05, 0) is 6.92 Å². The topological polar surface area (TPSA) is 112 Å². The summed E-state index contributed by atoms with van der Waals surface area (Å²) >= 11 is 1.46. The van der Waals surface area contributed by atoms with Crippen molar-refractivity contribution in [1.29, 1.82) is 0 Å². The lowest BCUT2D eigenvalue weighted by molar-refractivity contribution is -0.144. The van der Waals surface area contributed by atoms with E-state index in [1.165, 1.54) is 11.3 Å². The van der Waals surface area contributed by atoms with Gasteiger partial charge in [0.1, 0.15) is 12.6 Å². The van der Waals surface area contributed by atoms with Crippen molar-refractivity contribution < 1.29 is 19.5 Å². The molecule has 1 aromatic heterocycles. The minimum absolute atomic E-state index is 0.0859. The number of aliphatic carboxylic acids is 1. The van der Waals surface area contributed by atoms with E-state index in [1.54, 1.807) is 0 Å². The highest BCUT2D eigenvalue weighted by Gasteiger charge is 2.35. The van der Waals surface area contributed by atoms with Gasteiger partial charge >= 0.3 is 12.0 Å². The molecule has 20 heavy (non-hydrogen) atoms. The van der Waals surface area contributed by atoms with E-state index in [1.807, 2.05) is 12.3 Å². The maximum absolute atomic E-state index is 12.0. The maximum atomic E-state index is 12.0. The van der Waals surface area contributed by atoms with Crippen molar-refractivity contribution in [2.45, 2.75) is 19.5 Å². The van der Waals surface area contributed by atoms with Crippen LogP contribution in [0.25, 0.3) is 0 Å². The number of urea groups is 1. The second-order valence-corrected chi connectivity index (χ2v) is 5.36. The Kier molecular flexibility index (Phi) is 4.18. The summed E-state index contributed by atoms with van der Waals surface area (Å²) in [4.78, 5) is 39.5. The van der Waals surface area contributed by atoms with Gasteiger partial charge in [0.05, 0.1) is 17.2 Å². The molecule has 0 aliphatic carbocycles. The van der Waals surface area contributed by atoms with E-state index >= 15 is 0 Å². The Morgan fingerprint density at radius 2 is 2.40 bits per heavy atom. The van der Waals surface area contributed by atoms with E-state index in [2.05, 4.69) is 15.6 Å². The number of piperazine rings is 1. The number of nitrogens with zero attached hydrogens (tertiary/aromatic N) is 2. The molecule has 1 saturated heterocycles. The fourth-order valence-electron chi connectivity index (χ4n) is 1.83. The number of aryl methyl sites for hydroxylation is 1. The van der Waals surface area contributed by atoms with Crippen molar-refractivity contribution in [3.8, 4) is 0 Å². The first-order chi connectivity index (χ1) is 9.47. The van der Waals surface area contributed by atoms with Crippen LogP contribution in [0.1, 0.15) is 10.7 Å². The number of carbonyl (C=O) groups excluding carboxylic acids is 2. The van der Waals surface area contributed by atoms with Crippen LogP contribution in [0.4, 0.5) is 4.79 Å². The number of hydrogen-bond acceptors (Lipinski definition) is 5.